The zero-order chi connectivity index (χ0) is 18.6. The van der Waals surface area contributed by atoms with Gasteiger partial charge in [-0.15, -0.1) is 0 Å². The number of amides is 2. The Balaban J connectivity index is 1.51. The summed E-state index contributed by atoms with van der Waals surface area (Å²) >= 11 is 0. The van der Waals surface area contributed by atoms with Crippen LogP contribution in [0.2, 0.25) is 0 Å². The molecule has 2 fully saturated rings. The van der Waals surface area contributed by atoms with E-state index in [-0.39, 0.29) is 17.9 Å². The molecule has 2 amide bonds. The molecule has 8 nitrogen and oxygen atoms in total. The van der Waals surface area contributed by atoms with E-state index in [0.717, 1.165) is 23.7 Å². The Hall–Kier alpha value is -2.32. The highest BCUT2D eigenvalue weighted by Gasteiger charge is 2.52. The largest absolute Gasteiger partial charge is 0.413 e. The zero-order valence-corrected chi connectivity index (χ0v) is 15.5. The van der Waals surface area contributed by atoms with Gasteiger partial charge in [-0.25, -0.2) is 9.86 Å². The number of anilines is 1. The fourth-order valence-corrected chi connectivity index (χ4v) is 4.54. The molecule has 0 aliphatic carbocycles. The van der Waals surface area contributed by atoms with Crippen molar-refractivity contribution in [2.45, 2.75) is 31.0 Å². The smallest absolute Gasteiger partial charge is 0.410 e. The molecule has 1 aromatic carbocycles. The van der Waals surface area contributed by atoms with Gasteiger partial charge < -0.3 is 15.0 Å². The van der Waals surface area contributed by atoms with Gasteiger partial charge in [0.15, 0.2) is 0 Å². The van der Waals surface area contributed by atoms with Crippen LogP contribution < -0.4 is 15.0 Å². The van der Waals surface area contributed by atoms with Crippen molar-refractivity contribution >= 4 is 17.7 Å². The number of carbonyl (C=O) groups excluding carboxylic acids is 2. The van der Waals surface area contributed by atoms with Gasteiger partial charge in [-0.05, 0) is 37.2 Å². The van der Waals surface area contributed by atoms with Crippen LogP contribution in [-0.4, -0.2) is 68.5 Å². The van der Waals surface area contributed by atoms with Crippen molar-refractivity contribution in [2.75, 3.05) is 39.2 Å². The Labute approximate surface area is 152 Å². The number of hydrogen-bond donors (Lipinski definition) is 1. The molecule has 1 N–H and O–H groups in total. The number of carbonyl (C=O) groups is 2. The summed E-state index contributed by atoms with van der Waals surface area (Å²) < 4.78 is 5.43. The van der Waals surface area contributed by atoms with Gasteiger partial charge in [0.25, 0.3) is 5.91 Å². The van der Waals surface area contributed by atoms with Crippen LogP contribution in [-0.2, 0) is 15.0 Å². The average Bonchev–Trinajstić information content (AvgIpc) is 3.15. The number of nitrogens with zero attached hydrogens (tertiary/aromatic N) is 3. The van der Waals surface area contributed by atoms with Crippen LogP contribution in [0.1, 0.15) is 18.9 Å². The molecule has 0 spiro atoms. The third-order valence-corrected chi connectivity index (χ3v) is 5.85. The fourth-order valence-electron chi connectivity index (χ4n) is 4.54. The molecule has 2 saturated heterocycles. The lowest BCUT2D eigenvalue weighted by Crippen LogP contribution is -2.45. The van der Waals surface area contributed by atoms with Crippen molar-refractivity contribution in [1.82, 2.24) is 15.3 Å². The number of hydrogen-bond acceptors (Lipinski definition) is 6. The first-order valence-electron chi connectivity index (χ1n) is 8.78. The first kappa shape index (κ1) is 17.1. The van der Waals surface area contributed by atoms with E-state index >= 15 is 0 Å². The van der Waals surface area contributed by atoms with Crippen LogP contribution in [0.25, 0.3) is 0 Å². The molecule has 1 aromatic rings. The summed E-state index contributed by atoms with van der Waals surface area (Å²) in [6.45, 7) is 3.41. The number of nitrogens with one attached hydrogen (secondary N) is 1. The van der Waals surface area contributed by atoms with Crippen molar-refractivity contribution in [3.63, 3.8) is 0 Å². The number of benzene rings is 1. The van der Waals surface area contributed by atoms with Crippen molar-refractivity contribution in [3.8, 4) is 5.75 Å². The van der Waals surface area contributed by atoms with Crippen LogP contribution in [0.5, 0.6) is 5.75 Å². The van der Waals surface area contributed by atoms with Crippen molar-refractivity contribution in [1.29, 1.82) is 0 Å². The summed E-state index contributed by atoms with van der Waals surface area (Å²) in [5.74, 6) is 0.188. The first-order chi connectivity index (χ1) is 12.3. The maximum atomic E-state index is 12.2. The monoisotopic (exact) mass is 360 g/mol. The molecule has 3 atom stereocenters. The number of fused-ring (bicyclic) bond motifs is 3. The second-order valence-corrected chi connectivity index (χ2v) is 7.53. The number of rotatable bonds is 2. The second-order valence-electron chi connectivity index (χ2n) is 7.53. The van der Waals surface area contributed by atoms with E-state index in [2.05, 4.69) is 36.1 Å². The lowest BCUT2D eigenvalue weighted by molar-refractivity contribution is -0.154. The lowest BCUT2D eigenvalue weighted by Gasteiger charge is -2.32. The molecule has 0 unspecified atom stereocenters. The zero-order valence-electron chi connectivity index (χ0n) is 15.5. The van der Waals surface area contributed by atoms with Crippen LogP contribution >= 0.6 is 0 Å². The predicted octanol–water partition coefficient (Wildman–Crippen LogP) is 0.916. The highest BCUT2D eigenvalue weighted by Crippen LogP contribution is 2.51. The molecule has 0 bridgehead atoms. The quantitative estimate of drug-likeness (QED) is 0.845. The van der Waals surface area contributed by atoms with E-state index in [0.29, 0.717) is 11.9 Å². The third kappa shape index (κ3) is 2.44. The summed E-state index contributed by atoms with van der Waals surface area (Å²) in [7, 11) is 5.76. The molecule has 0 aromatic heterocycles. The first-order valence-corrected chi connectivity index (χ1v) is 8.78. The summed E-state index contributed by atoms with van der Waals surface area (Å²) in [6.07, 6.45) is 0.714. The van der Waals surface area contributed by atoms with Crippen molar-refractivity contribution < 1.29 is 19.2 Å². The van der Waals surface area contributed by atoms with Gasteiger partial charge in [-0.3, -0.25) is 14.5 Å². The minimum atomic E-state index is -0.710. The van der Waals surface area contributed by atoms with Crippen LogP contribution in [0.4, 0.5) is 10.5 Å². The maximum absolute atomic E-state index is 12.2. The number of ether oxygens (including phenoxy) is 1. The van der Waals surface area contributed by atoms with Crippen LogP contribution in [0, 0.1) is 0 Å². The van der Waals surface area contributed by atoms with Gasteiger partial charge in [-0.2, -0.15) is 0 Å². The molecule has 3 heterocycles. The van der Waals surface area contributed by atoms with Gasteiger partial charge in [0, 0.05) is 31.7 Å². The summed E-state index contributed by atoms with van der Waals surface area (Å²) in [5.41, 5.74) is 2.37. The lowest BCUT2D eigenvalue weighted by atomic mass is 9.81. The highest BCUT2D eigenvalue weighted by atomic mass is 16.7. The molecule has 0 radical (unpaired) electrons. The van der Waals surface area contributed by atoms with Crippen molar-refractivity contribution in [2.24, 2.45) is 0 Å². The van der Waals surface area contributed by atoms with Gasteiger partial charge in [0.2, 0.25) is 0 Å². The summed E-state index contributed by atoms with van der Waals surface area (Å²) in [5, 5.41) is 3.67. The Morgan fingerprint density at radius 2 is 2.12 bits per heavy atom. The van der Waals surface area contributed by atoms with Crippen LogP contribution in [0.3, 0.4) is 0 Å². The summed E-state index contributed by atoms with van der Waals surface area (Å²) in [4.78, 5) is 33.7. The van der Waals surface area contributed by atoms with E-state index < -0.39 is 12.1 Å². The molecule has 26 heavy (non-hydrogen) atoms. The minimum Gasteiger partial charge on any atom is -0.410 e. The Morgan fingerprint density at radius 3 is 2.81 bits per heavy atom. The number of likely N-dealkylation sites (tertiary alicyclic amines) is 1. The van der Waals surface area contributed by atoms with E-state index in [1.54, 1.807) is 6.07 Å². The molecule has 4 rings (SSSR count). The van der Waals surface area contributed by atoms with Crippen molar-refractivity contribution in [3.05, 3.63) is 23.8 Å². The normalized spacial score (nSPS) is 30.5. The SMILES string of the molecule is CN1OC[C@@H](NC(=O)Oc2ccc3c(c2)[C@]2(C)CCN(C)[C@@H]2N3C)C1=O. The van der Waals surface area contributed by atoms with Gasteiger partial charge in [0.1, 0.15) is 18.4 Å². The Morgan fingerprint density at radius 1 is 1.35 bits per heavy atom. The summed E-state index contributed by atoms with van der Waals surface area (Å²) in [6, 6.07) is 5.02. The van der Waals surface area contributed by atoms with E-state index in [4.69, 9.17) is 9.57 Å². The minimum absolute atomic E-state index is 0.00660. The Kier molecular flexibility index (Phi) is 3.85. The number of hydroxylamine groups is 2. The molecule has 3 aliphatic heterocycles. The molecule has 0 saturated carbocycles. The predicted molar refractivity (Wildman–Crippen MR) is 94.9 cm³/mol. The Bertz CT molecular complexity index is 770. The molecule has 140 valence electrons. The van der Waals surface area contributed by atoms with Gasteiger partial charge in [-0.1, -0.05) is 6.92 Å². The molecule has 3 aliphatic rings. The van der Waals surface area contributed by atoms with E-state index in [1.807, 2.05) is 12.1 Å². The average molecular weight is 360 g/mol. The molecular weight excluding hydrogens is 336 g/mol. The van der Waals surface area contributed by atoms with E-state index in [1.165, 1.54) is 12.6 Å². The fraction of sp³-hybridized carbons (Fsp3) is 0.556. The van der Waals surface area contributed by atoms with Crippen LogP contribution in [0.15, 0.2) is 18.2 Å². The standard InChI is InChI=1S/C18H24N4O4/c1-18-7-8-20(2)16(18)21(3)14-6-5-11(9-12(14)18)26-17(24)19-13-10-25-22(4)15(13)23/h5-6,9,13,16H,7-8,10H2,1-4H3,(H,19,24)/t13-,16-,18+/m1/s1. The third-order valence-electron chi connectivity index (χ3n) is 5.85. The van der Waals surface area contributed by atoms with Gasteiger partial charge in [0.05, 0.1) is 6.17 Å². The molecular formula is C18H24N4O4. The topological polar surface area (TPSA) is 74.3 Å². The maximum Gasteiger partial charge on any atom is 0.413 e. The highest BCUT2D eigenvalue weighted by molar-refractivity contribution is 5.86. The number of likely N-dealkylation sites (N-methyl/N-ethyl adjacent to an activating group) is 3. The van der Waals surface area contributed by atoms with E-state index in [9.17, 15) is 9.59 Å². The second kappa shape index (κ2) is 5.85. The van der Waals surface area contributed by atoms with Gasteiger partial charge >= 0.3 is 6.09 Å². The molecule has 8 heteroatoms.